The summed E-state index contributed by atoms with van der Waals surface area (Å²) in [7, 11) is 0.801. The number of halogens is 3. The molecule has 0 spiro atoms. The van der Waals surface area contributed by atoms with E-state index in [1.165, 1.54) is 0 Å². The average Bonchev–Trinajstić information content (AvgIpc) is 2.29. The second kappa shape index (κ2) is 4.46. The molecule has 1 aromatic rings. The predicted molar refractivity (Wildman–Crippen MR) is 62.9 cm³/mol. The standard InChI is InChI=1S/C12H15F3OSi/c13-12(14,15)10-5-3-9(4-6-10)11(17)7-1-2-8-16-11/h3-6H,1-2,7-8H2,17H3. The molecule has 1 aliphatic heterocycles. The minimum absolute atomic E-state index is 0.289. The number of hydrogen-bond acceptors (Lipinski definition) is 1. The van der Waals surface area contributed by atoms with E-state index in [9.17, 15) is 13.2 Å². The molecule has 0 aliphatic carbocycles. The molecule has 1 aliphatic rings. The molecule has 0 saturated carbocycles. The average molecular weight is 260 g/mol. The van der Waals surface area contributed by atoms with Gasteiger partial charge in [-0.15, -0.1) is 0 Å². The van der Waals surface area contributed by atoms with Gasteiger partial charge in [0.2, 0.25) is 0 Å². The Labute approximate surface area is 101 Å². The second-order valence-corrected chi connectivity index (χ2v) is 6.23. The van der Waals surface area contributed by atoms with Crippen molar-refractivity contribution in [1.82, 2.24) is 0 Å². The van der Waals surface area contributed by atoms with Crippen molar-refractivity contribution in [3.8, 4) is 0 Å². The van der Waals surface area contributed by atoms with Gasteiger partial charge in [0.1, 0.15) is 0 Å². The number of alkyl halides is 3. The minimum atomic E-state index is -4.26. The maximum absolute atomic E-state index is 12.4. The second-order valence-electron chi connectivity index (χ2n) is 4.61. The molecule has 1 heterocycles. The van der Waals surface area contributed by atoms with E-state index in [0.29, 0.717) is 6.61 Å². The first-order chi connectivity index (χ1) is 7.92. The Kier molecular flexibility index (Phi) is 3.31. The molecule has 0 amide bonds. The van der Waals surface area contributed by atoms with E-state index in [4.69, 9.17) is 4.74 Å². The lowest BCUT2D eigenvalue weighted by atomic mass is 9.99. The highest BCUT2D eigenvalue weighted by molar-refractivity contribution is 6.14. The summed E-state index contributed by atoms with van der Waals surface area (Å²) in [5.41, 5.74) is 0.291. The van der Waals surface area contributed by atoms with Gasteiger partial charge in [-0.2, -0.15) is 13.2 Å². The zero-order valence-electron chi connectivity index (χ0n) is 9.68. The van der Waals surface area contributed by atoms with Gasteiger partial charge in [0, 0.05) is 16.8 Å². The van der Waals surface area contributed by atoms with Crippen LogP contribution in [0, 0.1) is 0 Å². The van der Waals surface area contributed by atoms with Crippen LogP contribution in [0.2, 0.25) is 0 Å². The minimum Gasteiger partial charge on any atom is -0.375 e. The number of ether oxygens (including phenoxy) is 1. The van der Waals surface area contributed by atoms with Crippen LogP contribution < -0.4 is 0 Å². The van der Waals surface area contributed by atoms with E-state index in [1.807, 2.05) is 0 Å². The summed E-state index contributed by atoms with van der Waals surface area (Å²) in [5.74, 6) is 0. The van der Waals surface area contributed by atoms with Gasteiger partial charge in [-0.3, -0.25) is 0 Å². The molecule has 0 bridgehead atoms. The molecule has 1 unspecified atom stereocenters. The van der Waals surface area contributed by atoms with Gasteiger partial charge in [0.05, 0.1) is 10.8 Å². The van der Waals surface area contributed by atoms with Crippen LogP contribution in [-0.2, 0) is 16.1 Å². The van der Waals surface area contributed by atoms with Crippen molar-refractivity contribution in [3.05, 3.63) is 35.4 Å². The molecule has 0 radical (unpaired) electrons. The molecular formula is C12H15F3OSi. The van der Waals surface area contributed by atoms with Crippen molar-refractivity contribution in [2.45, 2.75) is 30.7 Å². The highest BCUT2D eigenvalue weighted by Crippen LogP contribution is 2.34. The van der Waals surface area contributed by atoms with Gasteiger partial charge in [-0.1, -0.05) is 12.1 Å². The van der Waals surface area contributed by atoms with Gasteiger partial charge in [-0.05, 0) is 37.0 Å². The Morgan fingerprint density at radius 1 is 1.12 bits per heavy atom. The van der Waals surface area contributed by atoms with Crippen molar-refractivity contribution in [2.24, 2.45) is 0 Å². The van der Waals surface area contributed by atoms with Gasteiger partial charge < -0.3 is 4.74 Å². The van der Waals surface area contributed by atoms with Crippen LogP contribution >= 0.6 is 0 Å². The molecule has 1 aromatic carbocycles. The van der Waals surface area contributed by atoms with Crippen molar-refractivity contribution in [2.75, 3.05) is 6.61 Å². The van der Waals surface area contributed by atoms with Crippen LogP contribution in [0.4, 0.5) is 13.2 Å². The Morgan fingerprint density at radius 3 is 2.24 bits per heavy atom. The molecular weight excluding hydrogens is 245 g/mol. The number of rotatable bonds is 1. The lowest BCUT2D eigenvalue weighted by Crippen LogP contribution is -2.34. The van der Waals surface area contributed by atoms with Crippen LogP contribution in [0.25, 0.3) is 0 Å². The van der Waals surface area contributed by atoms with Gasteiger partial charge >= 0.3 is 6.18 Å². The maximum atomic E-state index is 12.4. The Bertz CT molecular complexity index is 380. The third-order valence-corrected chi connectivity index (χ3v) is 4.66. The van der Waals surface area contributed by atoms with Crippen molar-refractivity contribution >= 4 is 10.2 Å². The zero-order chi connectivity index (χ0) is 12.5. The molecule has 2 rings (SSSR count). The Balaban J connectivity index is 2.23. The largest absolute Gasteiger partial charge is 0.416 e. The van der Waals surface area contributed by atoms with Crippen LogP contribution in [-0.4, -0.2) is 16.8 Å². The zero-order valence-corrected chi connectivity index (χ0v) is 11.7. The monoisotopic (exact) mass is 260 g/mol. The summed E-state index contributed by atoms with van der Waals surface area (Å²) in [6.07, 6.45) is -1.20. The smallest absolute Gasteiger partial charge is 0.375 e. The topological polar surface area (TPSA) is 9.23 Å². The van der Waals surface area contributed by atoms with Crippen LogP contribution in [0.3, 0.4) is 0 Å². The van der Waals surface area contributed by atoms with E-state index in [0.717, 1.165) is 47.2 Å². The predicted octanol–water partition coefficient (Wildman–Crippen LogP) is 2.42. The van der Waals surface area contributed by atoms with Gasteiger partial charge in [-0.25, -0.2) is 0 Å². The van der Waals surface area contributed by atoms with E-state index >= 15 is 0 Å². The lowest BCUT2D eigenvalue weighted by molar-refractivity contribution is -0.137. The Morgan fingerprint density at radius 2 is 1.76 bits per heavy atom. The van der Waals surface area contributed by atoms with E-state index in [-0.39, 0.29) is 5.22 Å². The summed E-state index contributed by atoms with van der Waals surface area (Å²) in [6, 6.07) is 5.40. The van der Waals surface area contributed by atoms with Crippen molar-refractivity contribution in [1.29, 1.82) is 0 Å². The maximum Gasteiger partial charge on any atom is 0.416 e. The molecule has 1 fully saturated rings. The first-order valence-electron chi connectivity index (χ1n) is 5.73. The summed E-state index contributed by atoms with van der Waals surface area (Å²) in [4.78, 5) is 0. The van der Waals surface area contributed by atoms with E-state index in [2.05, 4.69) is 0 Å². The molecule has 94 valence electrons. The van der Waals surface area contributed by atoms with E-state index < -0.39 is 11.7 Å². The highest BCUT2D eigenvalue weighted by Gasteiger charge is 2.33. The summed E-state index contributed by atoms with van der Waals surface area (Å²) in [6.45, 7) is 0.713. The molecule has 1 saturated heterocycles. The fraction of sp³-hybridized carbons (Fsp3) is 0.500. The summed E-state index contributed by atoms with van der Waals surface area (Å²) < 4.78 is 43.1. The van der Waals surface area contributed by atoms with Crippen molar-refractivity contribution in [3.63, 3.8) is 0 Å². The first-order valence-corrected chi connectivity index (χ1v) is 6.73. The molecule has 17 heavy (non-hydrogen) atoms. The molecule has 0 N–H and O–H groups in total. The third kappa shape index (κ3) is 2.72. The Hall–Kier alpha value is -0.813. The van der Waals surface area contributed by atoms with E-state index in [1.54, 1.807) is 12.1 Å². The first kappa shape index (κ1) is 12.6. The molecule has 1 atom stereocenters. The summed E-state index contributed by atoms with van der Waals surface area (Å²) in [5, 5.41) is -0.289. The van der Waals surface area contributed by atoms with Crippen LogP contribution in [0.5, 0.6) is 0 Å². The third-order valence-electron chi connectivity index (χ3n) is 3.29. The fourth-order valence-corrected chi connectivity index (χ4v) is 3.06. The number of hydrogen-bond donors (Lipinski definition) is 0. The molecule has 0 aromatic heterocycles. The lowest BCUT2D eigenvalue weighted by Gasteiger charge is -2.34. The fourth-order valence-electron chi connectivity index (χ4n) is 2.17. The number of benzene rings is 1. The highest BCUT2D eigenvalue weighted by atomic mass is 28.1. The SMILES string of the molecule is FC(F)(F)c1ccc(C2([SiH3])CCCCO2)cc1. The van der Waals surface area contributed by atoms with Crippen LogP contribution in [0.15, 0.2) is 24.3 Å². The molecule has 1 nitrogen and oxygen atoms in total. The quantitative estimate of drug-likeness (QED) is 0.705. The van der Waals surface area contributed by atoms with Gasteiger partial charge in [0.15, 0.2) is 0 Å². The van der Waals surface area contributed by atoms with Gasteiger partial charge in [0.25, 0.3) is 0 Å². The van der Waals surface area contributed by atoms with Crippen LogP contribution in [0.1, 0.15) is 30.4 Å². The normalized spacial score (nSPS) is 26.1. The molecule has 5 heteroatoms. The van der Waals surface area contributed by atoms with Crippen molar-refractivity contribution < 1.29 is 17.9 Å². The summed E-state index contributed by atoms with van der Waals surface area (Å²) >= 11 is 0.